The predicted molar refractivity (Wildman–Crippen MR) is 79.0 cm³/mol. The fraction of sp³-hybridized carbons (Fsp3) is 0.231. The Morgan fingerprint density at radius 1 is 1.29 bits per heavy atom. The van der Waals surface area contributed by atoms with Gasteiger partial charge in [0, 0.05) is 0 Å². The molecule has 1 heterocycles. The number of nitrogens with zero attached hydrogens (tertiary/aromatic N) is 2. The standard InChI is InChI=1S/C13H16N4O3S/c1-9-13(10(2)16-15-9)21(18,19)17-14-8-11-4-6-12(20-3)7-5-11/h4-8,17H,1-3H3,(H,15,16)/b14-8+. The maximum Gasteiger partial charge on any atom is 0.280 e. The van der Waals surface area contributed by atoms with Gasteiger partial charge in [-0.3, -0.25) is 5.10 Å². The summed E-state index contributed by atoms with van der Waals surface area (Å²) in [5, 5.41) is 10.2. The van der Waals surface area contributed by atoms with Crippen LogP contribution < -0.4 is 9.57 Å². The molecule has 7 nitrogen and oxygen atoms in total. The SMILES string of the molecule is COc1ccc(/C=N/NS(=O)(=O)c2c(C)n[nH]c2C)cc1. The van der Waals surface area contributed by atoms with Crippen LogP contribution in [0.25, 0.3) is 0 Å². The van der Waals surface area contributed by atoms with Crippen LogP contribution in [-0.4, -0.2) is 31.9 Å². The lowest BCUT2D eigenvalue weighted by molar-refractivity contribution is 0.415. The zero-order chi connectivity index (χ0) is 15.5. The van der Waals surface area contributed by atoms with Crippen LogP contribution in [0.4, 0.5) is 0 Å². The van der Waals surface area contributed by atoms with Gasteiger partial charge in [-0.1, -0.05) is 0 Å². The maximum atomic E-state index is 12.1. The first-order chi connectivity index (χ1) is 9.94. The molecule has 2 aromatic rings. The molecule has 0 fully saturated rings. The Labute approximate surface area is 123 Å². The monoisotopic (exact) mass is 308 g/mol. The first-order valence-electron chi connectivity index (χ1n) is 6.14. The highest BCUT2D eigenvalue weighted by Crippen LogP contribution is 2.16. The fourth-order valence-electron chi connectivity index (χ4n) is 1.84. The minimum atomic E-state index is -3.73. The molecule has 0 saturated heterocycles. The van der Waals surface area contributed by atoms with Crippen LogP contribution in [0.3, 0.4) is 0 Å². The molecule has 0 amide bonds. The number of H-pyrrole nitrogens is 1. The second kappa shape index (κ2) is 5.96. The number of benzene rings is 1. The van der Waals surface area contributed by atoms with Crippen molar-refractivity contribution in [1.82, 2.24) is 15.0 Å². The van der Waals surface area contributed by atoms with Crippen LogP contribution in [0.1, 0.15) is 17.0 Å². The number of hydrogen-bond donors (Lipinski definition) is 2. The van der Waals surface area contributed by atoms with Crippen LogP contribution >= 0.6 is 0 Å². The molecule has 0 spiro atoms. The van der Waals surface area contributed by atoms with Crippen molar-refractivity contribution < 1.29 is 13.2 Å². The van der Waals surface area contributed by atoms with Crippen LogP contribution in [0.2, 0.25) is 0 Å². The lowest BCUT2D eigenvalue weighted by Gasteiger charge is -2.03. The molecule has 0 bridgehead atoms. The number of hydrogen-bond acceptors (Lipinski definition) is 5. The van der Waals surface area contributed by atoms with E-state index in [0.29, 0.717) is 11.4 Å². The molecule has 21 heavy (non-hydrogen) atoms. The van der Waals surface area contributed by atoms with E-state index in [1.807, 2.05) is 0 Å². The minimum Gasteiger partial charge on any atom is -0.497 e. The lowest BCUT2D eigenvalue weighted by Crippen LogP contribution is -2.19. The minimum absolute atomic E-state index is 0.120. The van der Waals surface area contributed by atoms with E-state index >= 15 is 0 Å². The Morgan fingerprint density at radius 3 is 2.48 bits per heavy atom. The Kier molecular flexibility index (Phi) is 4.27. The highest BCUT2D eigenvalue weighted by Gasteiger charge is 2.21. The van der Waals surface area contributed by atoms with Crippen molar-refractivity contribution in [3.63, 3.8) is 0 Å². The smallest absolute Gasteiger partial charge is 0.280 e. The summed E-state index contributed by atoms with van der Waals surface area (Å²) in [6.45, 7) is 3.26. The van der Waals surface area contributed by atoms with Crippen molar-refractivity contribution in [3.05, 3.63) is 41.2 Å². The molecule has 8 heteroatoms. The van der Waals surface area contributed by atoms with Crippen LogP contribution in [0, 0.1) is 13.8 Å². The van der Waals surface area contributed by atoms with Crippen molar-refractivity contribution in [1.29, 1.82) is 0 Å². The van der Waals surface area contributed by atoms with Crippen molar-refractivity contribution in [2.75, 3.05) is 7.11 Å². The number of ether oxygens (including phenoxy) is 1. The van der Waals surface area contributed by atoms with Gasteiger partial charge in [0.1, 0.15) is 10.6 Å². The Bertz CT molecular complexity index is 729. The molecule has 0 unspecified atom stereocenters. The van der Waals surface area contributed by atoms with Gasteiger partial charge in [-0.25, -0.2) is 0 Å². The lowest BCUT2D eigenvalue weighted by atomic mass is 10.2. The van der Waals surface area contributed by atoms with Gasteiger partial charge in [0.05, 0.1) is 24.7 Å². The summed E-state index contributed by atoms with van der Waals surface area (Å²) in [6.07, 6.45) is 1.42. The summed E-state index contributed by atoms with van der Waals surface area (Å²) in [5.41, 5.74) is 1.62. The Hall–Kier alpha value is -2.35. The van der Waals surface area contributed by atoms with Crippen molar-refractivity contribution >= 4 is 16.2 Å². The molecule has 2 N–H and O–H groups in total. The largest absolute Gasteiger partial charge is 0.497 e. The Morgan fingerprint density at radius 2 is 1.95 bits per heavy atom. The van der Waals surface area contributed by atoms with E-state index in [1.54, 1.807) is 45.2 Å². The number of rotatable bonds is 5. The van der Waals surface area contributed by atoms with E-state index < -0.39 is 10.0 Å². The summed E-state index contributed by atoms with van der Waals surface area (Å²) in [4.78, 5) is 2.29. The molecule has 0 radical (unpaired) electrons. The van der Waals surface area contributed by atoms with Gasteiger partial charge in [-0.15, -0.1) is 0 Å². The van der Waals surface area contributed by atoms with Gasteiger partial charge in [0.2, 0.25) is 0 Å². The van der Waals surface area contributed by atoms with Crippen LogP contribution in [0.15, 0.2) is 34.3 Å². The highest BCUT2D eigenvalue weighted by atomic mass is 32.2. The average Bonchev–Trinajstić information content (AvgIpc) is 2.79. The highest BCUT2D eigenvalue weighted by molar-refractivity contribution is 7.89. The normalized spacial score (nSPS) is 11.8. The van der Waals surface area contributed by atoms with Gasteiger partial charge in [0.25, 0.3) is 10.0 Å². The molecule has 2 rings (SSSR count). The Balaban J connectivity index is 2.13. The number of aromatic nitrogens is 2. The number of aromatic amines is 1. The number of nitrogens with one attached hydrogen (secondary N) is 2. The molecular weight excluding hydrogens is 292 g/mol. The molecule has 1 aromatic carbocycles. The average molecular weight is 308 g/mol. The first kappa shape index (κ1) is 15.0. The fourth-order valence-corrected chi connectivity index (χ4v) is 3.01. The number of sulfonamides is 1. The number of methoxy groups -OCH3 is 1. The van der Waals surface area contributed by atoms with Crippen LogP contribution in [0.5, 0.6) is 5.75 Å². The molecule has 0 aliphatic rings. The topological polar surface area (TPSA) is 96.4 Å². The summed E-state index contributed by atoms with van der Waals surface area (Å²) in [7, 11) is -2.15. The van der Waals surface area contributed by atoms with Crippen molar-refractivity contribution in [2.24, 2.45) is 5.10 Å². The first-order valence-corrected chi connectivity index (χ1v) is 7.63. The van der Waals surface area contributed by atoms with Crippen LogP contribution in [-0.2, 0) is 10.0 Å². The quantitative estimate of drug-likeness (QED) is 0.643. The van der Waals surface area contributed by atoms with Crippen molar-refractivity contribution in [3.8, 4) is 5.75 Å². The molecular formula is C13H16N4O3S. The molecule has 0 atom stereocenters. The zero-order valence-electron chi connectivity index (χ0n) is 11.9. The summed E-state index contributed by atoms with van der Waals surface area (Å²) in [6, 6.07) is 7.07. The van der Waals surface area contributed by atoms with E-state index in [4.69, 9.17) is 4.74 Å². The van der Waals surface area contributed by atoms with Crippen molar-refractivity contribution in [2.45, 2.75) is 18.7 Å². The van der Waals surface area contributed by atoms with E-state index in [-0.39, 0.29) is 4.90 Å². The molecule has 0 aliphatic carbocycles. The third-order valence-corrected chi connectivity index (χ3v) is 4.32. The van der Waals surface area contributed by atoms with E-state index in [1.165, 1.54) is 6.21 Å². The molecule has 0 aliphatic heterocycles. The number of aryl methyl sites for hydroxylation is 2. The maximum absolute atomic E-state index is 12.1. The second-order valence-corrected chi connectivity index (χ2v) is 5.99. The van der Waals surface area contributed by atoms with Gasteiger partial charge >= 0.3 is 0 Å². The third-order valence-electron chi connectivity index (χ3n) is 2.83. The molecule has 1 aromatic heterocycles. The van der Waals surface area contributed by atoms with E-state index in [9.17, 15) is 8.42 Å². The number of hydrazone groups is 1. The summed E-state index contributed by atoms with van der Waals surface area (Å²) in [5.74, 6) is 0.720. The third kappa shape index (κ3) is 3.40. The van der Waals surface area contributed by atoms with Gasteiger partial charge in [0.15, 0.2) is 0 Å². The van der Waals surface area contributed by atoms with Gasteiger partial charge in [-0.05, 0) is 43.7 Å². The van der Waals surface area contributed by atoms with E-state index in [2.05, 4.69) is 20.1 Å². The van der Waals surface area contributed by atoms with Gasteiger partial charge < -0.3 is 4.74 Å². The summed E-state index contributed by atoms with van der Waals surface area (Å²) < 4.78 is 29.3. The van der Waals surface area contributed by atoms with E-state index in [0.717, 1.165) is 11.3 Å². The predicted octanol–water partition coefficient (Wildman–Crippen LogP) is 1.35. The molecule has 0 saturated carbocycles. The second-order valence-electron chi connectivity index (χ2n) is 4.39. The zero-order valence-corrected chi connectivity index (χ0v) is 12.7. The molecule has 112 valence electrons. The summed E-state index contributed by atoms with van der Waals surface area (Å²) >= 11 is 0. The van der Waals surface area contributed by atoms with Gasteiger partial charge in [-0.2, -0.15) is 23.4 Å².